The van der Waals surface area contributed by atoms with Crippen LogP contribution in [0.3, 0.4) is 0 Å². The maximum absolute atomic E-state index is 11.3. The van der Waals surface area contributed by atoms with E-state index in [1.807, 2.05) is 6.92 Å². The van der Waals surface area contributed by atoms with Crippen LogP contribution in [-0.2, 0) is 19.1 Å². The van der Waals surface area contributed by atoms with Gasteiger partial charge in [-0.3, -0.25) is 0 Å². The lowest BCUT2D eigenvalue weighted by molar-refractivity contribution is -0.136. The highest BCUT2D eigenvalue weighted by molar-refractivity contribution is 5.96. The minimum absolute atomic E-state index is 0.254. The first-order valence-corrected chi connectivity index (χ1v) is 4.49. The van der Waals surface area contributed by atoms with Crippen molar-refractivity contribution in [3.05, 3.63) is 37.3 Å². The fourth-order valence-corrected chi connectivity index (χ4v) is 0.912. The molecule has 0 spiro atoms. The van der Waals surface area contributed by atoms with Gasteiger partial charge in [0.05, 0.1) is 12.5 Å². The van der Waals surface area contributed by atoms with Gasteiger partial charge in [0.2, 0.25) is 0 Å². The molecular formula is C11H14O4. The van der Waals surface area contributed by atoms with Crippen LogP contribution in [0.5, 0.6) is 0 Å². The topological polar surface area (TPSA) is 52.6 Å². The van der Waals surface area contributed by atoms with Crippen molar-refractivity contribution in [1.82, 2.24) is 0 Å². The second-order valence-electron chi connectivity index (χ2n) is 2.60. The number of ether oxygens (including phenoxy) is 2. The van der Waals surface area contributed by atoms with E-state index in [2.05, 4.69) is 22.6 Å². The monoisotopic (exact) mass is 210 g/mol. The van der Waals surface area contributed by atoms with Gasteiger partial charge in [-0.15, -0.1) is 0 Å². The van der Waals surface area contributed by atoms with Crippen molar-refractivity contribution < 1.29 is 19.1 Å². The van der Waals surface area contributed by atoms with Gasteiger partial charge in [0.15, 0.2) is 0 Å². The van der Waals surface area contributed by atoms with Gasteiger partial charge in [0, 0.05) is 11.6 Å². The predicted molar refractivity (Wildman–Crippen MR) is 55.6 cm³/mol. The van der Waals surface area contributed by atoms with Crippen LogP contribution in [-0.4, -0.2) is 11.9 Å². The van der Waals surface area contributed by atoms with Crippen molar-refractivity contribution in [2.45, 2.75) is 19.8 Å². The molecule has 0 aliphatic rings. The summed E-state index contributed by atoms with van der Waals surface area (Å²) in [4.78, 5) is 22.3. The first kappa shape index (κ1) is 13.2. The van der Waals surface area contributed by atoms with Crippen LogP contribution in [0, 0.1) is 0 Å². The van der Waals surface area contributed by atoms with Crippen LogP contribution in [0.25, 0.3) is 0 Å². The Kier molecular flexibility index (Phi) is 6.63. The third kappa shape index (κ3) is 5.46. The van der Waals surface area contributed by atoms with Crippen molar-refractivity contribution in [2.75, 3.05) is 0 Å². The first-order valence-electron chi connectivity index (χ1n) is 4.49. The molecular weight excluding hydrogens is 196 g/mol. The maximum atomic E-state index is 11.3. The molecule has 0 unspecified atom stereocenters. The van der Waals surface area contributed by atoms with Crippen molar-refractivity contribution in [3.63, 3.8) is 0 Å². The van der Waals surface area contributed by atoms with E-state index in [0.29, 0.717) is 6.42 Å². The highest BCUT2D eigenvalue weighted by atomic mass is 16.5. The quantitative estimate of drug-likeness (QED) is 0.382. The van der Waals surface area contributed by atoms with Gasteiger partial charge in [-0.1, -0.05) is 26.5 Å². The number of hydrogen-bond acceptors (Lipinski definition) is 4. The number of carbonyl (C=O) groups is 2. The molecule has 0 aliphatic carbocycles. The standard InChI is InChI=1S/C11H14O4/c1-4-7-9(11(13)15-6-3)8-10(12)14-5-2/h5-6,8H,2-4,7H2,1H3/b9-8-. The zero-order valence-electron chi connectivity index (χ0n) is 8.69. The highest BCUT2D eigenvalue weighted by Crippen LogP contribution is 2.08. The van der Waals surface area contributed by atoms with Crippen LogP contribution >= 0.6 is 0 Å². The van der Waals surface area contributed by atoms with Gasteiger partial charge in [0.1, 0.15) is 0 Å². The molecule has 0 saturated heterocycles. The Labute approximate surface area is 88.9 Å². The number of rotatable bonds is 6. The van der Waals surface area contributed by atoms with Crippen LogP contribution < -0.4 is 0 Å². The van der Waals surface area contributed by atoms with E-state index in [1.165, 1.54) is 0 Å². The summed E-state index contributed by atoms with van der Waals surface area (Å²) in [5.74, 6) is -1.23. The van der Waals surface area contributed by atoms with E-state index in [9.17, 15) is 9.59 Å². The third-order valence-corrected chi connectivity index (χ3v) is 1.46. The van der Waals surface area contributed by atoms with Gasteiger partial charge in [-0.25, -0.2) is 9.59 Å². The van der Waals surface area contributed by atoms with Crippen molar-refractivity contribution in [2.24, 2.45) is 0 Å². The molecule has 82 valence electrons. The molecule has 0 saturated carbocycles. The molecule has 4 heteroatoms. The molecule has 0 fully saturated rings. The minimum Gasteiger partial charge on any atom is -0.432 e. The summed E-state index contributed by atoms with van der Waals surface area (Å²) in [5, 5.41) is 0. The summed E-state index contributed by atoms with van der Waals surface area (Å²) < 4.78 is 9.02. The first-order chi connectivity index (χ1) is 7.15. The Morgan fingerprint density at radius 2 is 1.80 bits per heavy atom. The molecule has 0 amide bonds. The largest absolute Gasteiger partial charge is 0.432 e. The fraction of sp³-hybridized carbons (Fsp3) is 0.273. The van der Waals surface area contributed by atoms with Gasteiger partial charge in [0.25, 0.3) is 0 Å². The van der Waals surface area contributed by atoms with E-state index in [-0.39, 0.29) is 5.57 Å². The highest BCUT2D eigenvalue weighted by Gasteiger charge is 2.11. The van der Waals surface area contributed by atoms with Crippen LogP contribution in [0.1, 0.15) is 19.8 Å². The van der Waals surface area contributed by atoms with Gasteiger partial charge < -0.3 is 9.47 Å². The molecule has 0 aromatic rings. The number of carbonyl (C=O) groups excluding carboxylic acids is 2. The fourth-order valence-electron chi connectivity index (χ4n) is 0.912. The summed E-state index contributed by atoms with van der Waals surface area (Å²) in [5.41, 5.74) is 0.254. The van der Waals surface area contributed by atoms with Crippen LogP contribution in [0.15, 0.2) is 37.3 Å². The third-order valence-electron chi connectivity index (χ3n) is 1.46. The SMILES string of the molecule is C=COC(=O)/C=C(/CCC)C(=O)OC=C. The van der Waals surface area contributed by atoms with Crippen LogP contribution in [0.2, 0.25) is 0 Å². The van der Waals surface area contributed by atoms with Crippen molar-refractivity contribution in [1.29, 1.82) is 0 Å². The molecule has 0 radical (unpaired) electrons. The molecule has 0 aromatic heterocycles. The Bertz CT molecular complexity index is 289. The minimum atomic E-state index is -0.644. The van der Waals surface area contributed by atoms with Crippen molar-refractivity contribution in [3.8, 4) is 0 Å². The molecule has 0 aliphatic heterocycles. The molecule has 0 heterocycles. The van der Waals surface area contributed by atoms with Crippen LogP contribution in [0.4, 0.5) is 0 Å². The Hall–Kier alpha value is -1.84. The normalized spacial score (nSPS) is 10.3. The lowest BCUT2D eigenvalue weighted by Crippen LogP contribution is -2.07. The summed E-state index contributed by atoms with van der Waals surface area (Å²) in [7, 11) is 0. The molecule has 0 aromatic carbocycles. The molecule has 15 heavy (non-hydrogen) atoms. The Morgan fingerprint density at radius 1 is 1.20 bits per heavy atom. The average Bonchev–Trinajstić information content (AvgIpc) is 2.18. The molecule has 0 bridgehead atoms. The second-order valence-corrected chi connectivity index (χ2v) is 2.60. The zero-order chi connectivity index (χ0) is 11.7. The number of esters is 2. The number of hydrogen-bond donors (Lipinski definition) is 0. The summed E-state index contributed by atoms with van der Waals surface area (Å²) in [6.07, 6.45) is 4.28. The maximum Gasteiger partial charge on any atom is 0.339 e. The Balaban J connectivity index is 4.62. The lowest BCUT2D eigenvalue weighted by Gasteiger charge is -2.02. The molecule has 0 atom stereocenters. The van der Waals surface area contributed by atoms with E-state index >= 15 is 0 Å². The average molecular weight is 210 g/mol. The van der Waals surface area contributed by atoms with Crippen molar-refractivity contribution >= 4 is 11.9 Å². The smallest absolute Gasteiger partial charge is 0.339 e. The van der Waals surface area contributed by atoms with E-state index in [0.717, 1.165) is 25.0 Å². The molecule has 0 rings (SSSR count). The molecule has 0 N–H and O–H groups in total. The summed E-state index contributed by atoms with van der Waals surface area (Å²) in [6.45, 7) is 8.37. The second kappa shape index (κ2) is 7.55. The Morgan fingerprint density at radius 3 is 2.27 bits per heavy atom. The zero-order valence-corrected chi connectivity index (χ0v) is 8.69. The summed E-state index contributed by atoms with van der Waals surface area (Å²) >= 11 is 0. The van der Waals surface area contributed by atoms with E-state index < -0.39 is 11.9 Å². The van der Waals surface area contributed by atoms with E-state index in [4.69, 9.17) is 0 Å². The van der Waals surface area contributed by atoms with Gasteiger partial charge in [-0.05, 0) is 6.42 Å². The van der Waals surface area contributed by atoms with Gasteiger partial charge >= 0.3 is 11.9 Å². The van der Waals surface area contributed by atoms with E-state index in [1.54, 1.807) is 0 Å². The summed E-state index contributed by atoms with van der Waals surface area (Å²) in [6, 6.07) is 0. The van der Waals surface area contributed by atoms with Gasteiger partial charge in [-0.2, -0.15) is 0 Å². The molecule has 4 nitrogen and oxygen atoms in total. The lowest BCUT2D eigenvalue weighted by atomic mass is 10.1. The predicted octanol–water partition coefficient (Wildman–Crippen LogP) is 2.09.